The first kappa shape index (κ1) is 25.3. The molecule has 0 saturated heterocycles. The first-order valence-corrected chi connectivity index (χ1v) is 12.6. The van der Waals surface area contributed by atoms with Crippen LogP contribution in [0.15, 0.2) is 59.5 Å². The molecule has 0 bridgehead atoms. The summed E-state index contributed by atoms with van der Waals surface area (Å²) in [5.74, 6) is 0.216. The molecule has 182 valence electrons. The lowest BCUT2D eigenvalue weighted by molar-refractivity contribution is -0.120. The van der Waals surface area contributed by atoms with E-state index in [1.807, 2.05) is 37.3 Å². The largest absolute Gasteiger partial charge is 0.497 e. The Bertz CT molecular complexity index is 1220. The molecule has 1 amide bonds. The number of ether oxygens (including phenoxy) is 1. The van der Waals surface area contributed by atoms with E-state index in [-0.39, 0.29) is 23.4 Å². The summed E-state index contributed by atoms with van der Waals surface area (Å²) in [6, 6.07) is 16.5. The Balaban J connectivity index is 1.83. The molecule has 1 aromatic heterocycles. The van der Waals surface area contributed by atoms with Crippen molar-refractivity contribution in [3.05, 3.63) is 71.5 Å². The van der Waals surface area contributed by atoms with Gasteiger partial charge in [-0.2, -0.15) is 5.10 Å². The summed E-state index contributed by atoms with van der Waals surface area (Å²) < 4.78 is 35.3. The van der Waals surface area contributed by atoms with E-state index in [1.165, 1.54) is 17.4 Å². The number of aryl methyl sites for hydroxylation is 3. The van der Waals surface area contributed by atoms with Crippen LogP contribution in [-0.4, -0.2) is 43.8 Å². The predicted molar refractivity (Wildman–Crippen MR) is 133 cm³/mol. The number of carbonyl (C=O) groups excluding carboxylic acids is 1. The third-order valence-corrected chi connectivity index (χ3v) is 7.78. The van der Waals surface area contributed by atoms with Crippen molar-refractivity contribution in [2.45, 2.75) is 44.6 Å². The number of anilines is 1. The second kappa shape index (κ2) is 10.7. The van der Waals surface area contributed by atoms with E-state index in [2.05, 4.69) is 10.4 Å². The Morgan fingerprint density at radius 1 is 1.12 bits per heavy atom. The molecule has 9 heteroatoms. The Labute approximate surface area is 201 Å². The van der Waals surface area contributed by atoms with Crippen molar-refractivity contribution in [1.29, 1.82) is 0 Å². The molecule has 2 aromatic carbocycles. The van der Waals surface area contributed by atoms with Crippen LogP contribution in [0.5, 0.6) is 5.75 Å². The lowest BCUT2D eigenvalue weighted by atomic mass is 10.1. The highest BCUT2D eigenvalue weighted by Gasteiger charge is 2.32. The van der Waals surface area contributed by atoms with Gasteiger partial charge < -0.3 is 10.1 Å². The molecule has 3 rings (SSSR count). The molecular weight excluding hydrogens is 452 g/mol. The van der Waals surface area contributed by atoms with E-state index >= 15 is 0 Å². The number of amides is 1. The zero-order valence-corrected chi connectivity index (χ0v) is 21.1. The van der Waals surface area contributed by atoms with Crippen LogP contribution in [0.25, 0.3) is 0 Å². The normalized spacial score (nSPS) is 12.3. The van der Waals surface area contributed by atoms with Gasteiger partial charge in [0.1, 0.15) is 17.2 Å². The number of methoxy groups -OCH3 is 1. The molecule has 0 radical (unpaired) electrons. The smallest absolute Gasteiger partial charge is 0.268 e. The minimum atomic E-state index is -4.05. The van der Waals surface area contributed by atoms with Gasteiger partial charge in [0, 0.05) is 13.1 Å². The van der Waals surface area contributed by atoms with E-state index in [0.29, 0.717) is 22.8 Å². The minimum Gasteiger partial charge on any atom is -0.497 e. The van der Waals surface area contributed by atoms with Crippen LogP contribution < -0.4 is 14.4 Å². The van der Waals surface area contributed by atoms with Crippen LogP contribution in [0.3, 0.4) is 0 Å². The van der Waals surface area contributed by atoms with Gasteiger partial charge in [-0.3, -0.25) is 13.8 Å². The van der Waals surface area contributed by atoms with Crippen LogP contribution in [0.1, 0.15) is 30.3 Å². The molecule has 0 unspecified atom stereocenters. The molecule has 0 aliphatic carbocycles. The van der Waals surface area contributed by atoms with E-state index in [4.69, 9.17) is 4.74 Å². The highest BCUT2D eigenvalue weighted by molar-refractivity contribution is 7.93. The minimum absolute atomic E-state index is 0.107. The monoisotopic (exact) mass is 484 g/mol. The topological polar surface area (TPSA) is 93.5 Å². The maximum absolute atomic E-state index is 13.7. The number of hydrogen-bond donors (Lipinski definition) is 1. The number of benzene rings is 2. The van der Waals surface area contributed by atoms with Crippen molar-refractivity contribution in [2.75, 3.05) is 18.0 Å². The van der Waals surface area contributed by atoms with Gasteiger partial charge in [0.15, 0.2) is 0 Å². The first-order valence-electron chi connectivity index (χ1n) is 11.1. The number of hydrogen-bond acceptors (Lipinski definition) is 5. The first-order chi connectivity index (χ1) is 16.1. The summed E-state index contributed by atoms with van der Waals surface area (Å²) in [6.07, 6.45) is 1.56. The predicted octanol–water partition coefficient (Wildman–Crippen LogP) is 3.38. The summed E-state index contributed by atoms with van der Waals surface area (Å²) >= 11 is 0. The van der Waals surface area contributed by atoms with Gasteiger partial charge in [-0.1, -0.05) is 30.3 Å². The highest BCUT2D eigenvalue weighted by Crippen LogP contribution is 2.29. The number of rotatable bonds is 10. The number of nitrogens with zero attached hydrogens (tertiary/aromatic N) is 3. The van der Waals surface area contributed by atoms with Gasteiger partial charge in [0.05, 0.1) is 24.2 Å². The molecule has 3 aromatic rings. The van der Waals surface area contributed by atoms with Gasteiger partial charge >= 0.3 is 0 Å². The average Bonchev–Trinajstić information content (AvgIpc) is 3.08. The van der Waals surface area contributed by atoms with E-state index < -0.39 is 10.0 Å². The lowest BCUT2D eigenvalue weighted by Gasteiger charge is -2.25. The number of nitrogens with one attached hydrogen (secondary N) is 1. The number of aromatic nitrogens is 2. The Morgan fingerprint density at radius 3 is 2.32 bits per heavy atom. The number of carbonyl (C=O) groups is 1. The van der Waals surface area contributed by atoms with Crippen LogP contribution in [0.2, 0.25) is 0 Å². The van der Waals surface area contributed by atoms with Crippen LogP contribution in [0.4, 0.5) is 5.69 Å². The highest BCUT2D eigenvalue weighted by atomic mass is 32.2. The molecule has 1 N–H and O–H groups in total. The second-order valence-corrected chi connectivity index (χ2v) is 10.1. The van der Waals surface area contributed by atoms with E-state index in [1.54, 1.807) is 45.2 Å². The van der Waals surface area contributed by atoms with Crippen molar-refractivity contribution in [3.8, 4) is 5.75 Å². The number of sulfonamides is 1. The molecule has 8 nitrogen and oxygen atoms in total. The Hall–Kier alpha value is -3.33. The quantitative estimate of drug-likeness (QED) is 0.476. The van der Waals surface area contributed by atoms with Gasteiger partial charge in [-0.25, -0.2) is 8.42 Å². The summed E-state index contributed by atoms with van der Waals surface area (Å²) in [7, 11) is -0.819. The molecule has 0 aliphatic heterocycles. The molecule has 0 fully saturated rings. The van der Waals surface area contributed by atoms with Gasteiger partial charge in [-0.05, 0) is 63.4 Å². The molecule has 34 heavy (non-hydrogen) atoms. The van der Waals surface area contributed by atoms with Crippen molar-refractivity contribution in [2.24, 2.45) is 7.05 Å². The molecule has 0 spiro atoms. The van der Waals surface area contributed by atoms with E-state index in [9.17, 15) is 13.2 Å². The van der Waals surface area contributed by atoms with Gasteiger partial charge in [0.2, 0.25) is 5.91 Å². The van der Waals surface area contributed by atoms with Crippen molar-refractivity contribution >= 4 is 21.6 Å². The summed E-state index contributed by atoms with van der Waals surface area (Å²) in [5, 5.41) is 7.19. The zero-order chi connectivity index (χ0) is 24.9. The summed E-state index contributed by atoms with van der Waals surface area (Å²) in [6.45, 7) is 4.92. The van der Waals surface area contributed by atoms with Crippen LogP contribution >= 0.6 is 0 Å². The summed E-state index contributed by atoms with van der Waals surface area (Å²) in [4.78, 5) is 13.1. The Kier molecular flexibility index (Phi) is 7.98. The molecule has 0 aliphatic rings. The standard InChI is InChI=1S/C25H32N4O4S/c1-18(11-12-21-9-7-6-8-10-21)26-24(30)17-29(22-13-15-23(33-5)16-14-22)34(31,32)25-19(2)27-28(4)20(25)3/h6-10,13-16,18H,11-12,17H2,1-5H3,(H,26,30)/t18-/m0/s1. The van der Waals surface area contributed by atoms with Crippen LogP contribution in [0, 0.1) is 13.8 Å². The molecular formula is C25H32N4O4S. The molecule has 1 atom stereocenters. The fourth-order valence-electron chi connectivity index (χ4n) is 3.85. The average molecular weight is 485 g/mol. The van der Waals surface area contributed by atoms with Crippen molar-refractivity contribution in [3.63, 3.8) is 0 Å². The van der Waals surface area contributed by atoms with Crippen molar-refractivity contribution < 1.29 is 17.9 Å². The third-order valence-electron chi connectivity index (χ3n) is 5.75. The van der Waals surface area contributed by atoms with Gasteiger partial charge in [0.25, 0.3) is 10.0 Å². The Morgan fingerprint density at radius 2 is 1.76 bits per heavy atom. The van der Waals surface area contributed by atoms with Crippen LogP contribution in [-0.2, 0) is 28.3 Å². The summed E-state index contributed by atoms with van der Waals surface area (Å²) in [5.41, 5.74) is 2.45. The SMILES string of the molecule is COc1ccc(N(CC(=O)N[C@@H](C)CCc2ccccc2)S(=O)(=O)c2c(C)nn(C)c2C)cc1. The maximum Gasteiger partial charge on any atom is 0.268 e. The van der Waals surface area contributed by atoms with E-state index in [0.717, 1.165) is 17.1 Å². The molecule has 1 heterocycles. The maximum atomic E-state index is 13.7. The third kappa shape index (κ3) is 5.77. The van der Waals surface area contributed by atoms with Gasteiger partial charge in [-0.15, -0.1) is 0 Å². The lowest BCUT2D eigenvalue weighted by Crippen LogP contribution is -2.44. The fourth-order valence-corrected chi connectivity index (χ4v) is 5.68. The van der Waals surface area contributed by atoms with Crippen molar-refractivity contribution in [1.82, 2.24) is 15.1 Å². The second-order valence-electron chi connectivity index (χ2n) is 8.33. The zero-order valence-electron chi connectivity index (χ0n) is 20.3. The molecule has 0 saturated carbocycles. The fraction of sp³-hybridized carbons (Fsp3) is 0.360.